The van der Waals surface area contributed by atoms with E-state index in [1.165, 1.54) is 18.3 Å². The summed E-state index contributed by atoms with van der Waals surface area (Å²) in [6.07, 6.45) is 38.7. The van der Waals surface area contributed by atoms with Gasteiger partial charge in [-0.1, -0.05) is 103 Å². The number of aromatic nitrogens is 8. The van der Waals surface area contributed by atoms with E-state index in [1.807, 2.05) is 56.3 Å². The summed E-state index contributed by atoms with van der Waals surface area (Å²) in [4.78, 5) is 35.3. The van der Waals surface area contributed by atoms with Crippen LogP contribution in [0.1, 0.15) is 196 Å². The number of terminal acetylenes is 4. The summed E-state index contributed by atoms with van der Waals surface area (Å²) in [5.41, 5.74) is 10.5. The van der Waals surface area contributed by atoms with Crippen LogP contribution in [0.2, 0.25) is 0 Å². The SMILES string of the molecule is C#Cc1ccc(CCNc2ncc(C#N)c(C[C@@H]3CC[C@H](O)C(C)(C)C3)n2)cc1Br.C#Cc1ccc(CCNc2ncc(C#N)c(C[C@@H]3CC[C@H](O)C(C)(C)C3)n2)cc1F.C#Cc1ccc(CCNc2ncc(C#N)c(C[C@@H]3C[C@H](O)C3(C)C)n2)cc1Br.C#Cc1ccc(CCNc2ncc(C#N)c(C[C@@H]3C[C@H](O)C3(C)C)n2)cc1F. The van der Waals surface area contributed by atoms with E-state index in [4.69, 9.17) is 25.7 Å². The van der Waals surface area contributed by atoms with Crippen LogP contribution in [0, 0.1) is 152 Å². The molecule has 0 aliphatic heterocycles. The summed E-state index contributed by atoms with van der Waals surface area (Å²) in [6, 6.07) is 30.3. The Bertz CT molecular complexity index is 4850. The van der Waals surface area contributed by atoms with E-state index in [2.05, 4.69) is 182 Å². The van der Waals surface area contributed by atoms with Crippen molar-refractivity contribution in [1.29, 1.82) is 21.0 Å². The summed E-state index contributed by atoms with van der Waals surface area (Å²) in [5.74, 6) is 12.4. The van der Waals surface area contributed by atoms with Gasteiger partial charge in [-0.3, -0.25) is 0 Å². The maximum atomic E-state index is 13.8. The zero-order valence-corrected chi connectivity index (χ0v) is 70.1. The van der Waals surface area contributed by atoms with Crippen molar-refractivity contribution in [3.63, 3.8) is 0 Å². The van der Waals surface area contributed by atoms with Gasteiger partial charge in [-0.25, -0.2) is 48.7 Å². The number of nitrogens with zero attached hydrogens (tertiary/aromatic N) is 12. The van der Waals surface area contributed by atoms with Gasteiger partial charge in [0.25, 0.3) is 0 Å². The molecular weight excluding hydrogens is 1590 g/mol. The molecule has 12 rings (SSSR count). The van der Waals surface area contributed by atoms with Crippen LogP contribution in [0.5, 0.6) is 0 Å². The van der Waals surface area contributed by atoms with Gasteiger partial charge in [0.05, 0.1) is 105 Å². The van der Waals surface area contributed by atoms with E-state index in [0.717, 1.165) is 124 Å². The highest BCUT2D eigenvalue weighted by Crippen LogP contribution is 2.49. The summed E-state index contributed by atoms with van der Waals surface area (Å²) >= 11 is 6.98. The standard InChI is InChI=1S/C24H27BrN4O.C24H27FN4O.C22H23BrN4O.C22H23FN4O/c2*1-4-18-7-5-16(11-20(18)25)9-10-27-23-28-15-19(14-26)21(29-23)12-17-6-8-22(30)24(2,3)13-17;2*1-4-15-6-5-14(9-18(15)23)7-8-25-21-26-13-16(12-24)19(27-21)10-17-11-20(28)22(17,2)3/h2*1,5,7,11,15,17,22,30H,6,8-10,12-13H2,2-3H3,(H,27,28,29);2*1,5-6,9,13,17,20,28H,7-8,10-11H2,2-3H3,(H,25,26,27)/t2*17-,22-;2*17-,20+/m0011/s1. The highest BCUT2D eigenvalue weighted by Gasteiger charge is 2.48. The highest BCUT2D eigenvalue weighted by atomic mass is 79.9. The van der Waals surface area contributed by atoms with E-state index in [-0.39, 0.29) is 63.1 Å². The molecule has 0 radical (unpaired) electrons. The van der Waals surface area contributed by atoms with E-state index < -0.39 is 11.6 Å². The van der Waals surface area contributed by atoms with Crippen molar-refractivity contribution in [2.45, 2.75) is 183 Å². The average molecular weight is 1690 g/mol. The largest absolute Gasteiger partial charge is 0.393 e. The number of nitriles is 4. The lowest BCUT2D eigenvalue weighted by Crippen LogP contribution is -2.50. The predicted molar refractivity (Wildman–Crippen MR) is 453 cm³/mol. The van der Waals surface area contributed by atoms with Gasteiger partial charge in [-0.2, -0.15) is 21.0 Å². The van der Waals surface area contributed by atoms with Gasteiger partial charge in [0.2, 0.25) is 23.8 Å². The third kappa shape index (κ3) is 23.7. The molecule has 4 aliphatic rings. The summed E-state index contributed by atoms with van der Waals surface area (Å²) < 4.78 is 29.4. The molecule has 4 saturated carbocycles. The zero-order valence-electron chi connectivity index (χ0n) is 67.0. The van der Waals surface area contributed by atoms with E-state index >= 15 is 0 Å². The van der Waals surface area contributed by atoms with Crippen molar-refractivity contribution in [3.8, 4) is 73.7 Å². The van der Waals surface area contributed by atoms with Crippen LogP contribution in [-0.2, 0) is 51.4 Å². The molecule has 116 heavy (non-hydrogen) atoms. The summed E-state index contributed by atoms with van der Waals surface area (Å²) in [6.45, 7) is 19.0. The Hall–Kier alpha value is -10.7. The maximum absolute atomic E-state index is 13.8. The summed E-state index contributed by atoms with van der Waals surface area (Å²) in [7, 11) is 0. The lowest BCUT2D eigenvalue weighted by atomic mass is 9.58. The van der Waals surface area contributed by atoms with Crippen molar-refractivity contribution in [1.82, 2.24) is 39.9 Å². The van der Waals surface area contributed by atoms with Crippen LogP contribution in [0.3, 0.4) is 0 Å². The van der Waals surface area contributed by atoms with E-state index in [0.29, 0.717) is 134 Å². The fraction of sp³-hybridized carbons (Fsp3) is 0.435. The van der Waals surface area contributed by atoms with E-state index in [9.17, 15) is 50.3 Å². The molecule has 4 aromatic carbocycles. The molecule has 8 aromatic rings. The molecule has 600 valence electrons. The van der Waals surface area contributed by atoms with Gasteiger partial charge in [-0.15, -0.1) is 25.7 Å². The van der Waals surface area contributed by atoms with Crippen LogP contribution in [0.25, 0.3) is 0 Å². The third-order valence-corrected chi connectivity index (χ3v) is 24.6. The number of hydrogen-bond donors (Lipinski definition) is 8. The fourth-order valence-corrected chi connectivity index (χ4v) is 16.3. The first kappa shape index (κ1) is 89.2. The molecule has 4 fully saturated rings. The highest BCUT2D eigenvalue weighted by molar-refractivity contribution is 9.10. The first-order valence-corrected chi connectivity index (χ1v) is 40.6. The number of hydrogen-bond acceptors (Lipinski definition) is 20. The Labute approximate surface area is 698 Å². The van der Waals surface area contributed by atoms with Gasteiger partial charge in [-0.05, 0) is 251 Å². The number of aliphatic hydroxyl groups excluding tert-OH is 4. The topological polar surface area (TPSA) is 327 Å². The number of benzene rings is 4. The zero-order chi connectivity index (χ0) is 84.1. The molecule has 4 aliphatic carbocycles. The normalized spacial score (nSPS) is 20.1. The Morgan fingerprint density at radius 2 is 0.672 bits per heavy atom. The Kier molecular flexibility index (Phi) is 31.3. The molecule has 0 amide bonds. The van der Waals surface area contributed by atoms with Gasteiger partial charge >= 0.3 is 0 Å². The van der Waals surface area contributed by atoms with Gasteiger partial charge in [0.15, 0.2) is 0 Å². The molecule has 4 heterocycles. The van der Waals surface area contributed by atoms with Crippen LogP contribution in [0.15, 0.2) is 107 Å². The Morgan fingerprint density at radius 3 is 0.914 bits per heavy atom. The lowest BCUT2D eigenvalue weighted by Gasteiger charge is -2.49. The quantitative estimate of drug-likeness (QED) is 0.0261. The van der Waals surface area contributed by atoms with Crippen LogP contribution < -0.4 is 21.3 Å². The number of nitrogens with one attached hydrogen (secondary N) is 4. The van der Waals surface area contributed by atoms with Crippen LogP contribution in [0.4, 0.5) is 32.6 Å². The molecule has 0 spiro atoms. The number of rotatable bonds is 24. The van der Waals surface area contributed by atoms with E-state index in [1.54, 1.807) is 36.8 Å². The Balaban J connectivity index is 0.000000177. The summed E-state index contributed by atoms with van der Waals surface area (Å²) in [5, 5.41) is 90.7. The maximum Gasteiger partial charge on any atom is 0.222 e. The first-order valence-electron chi connectivity index (χ1n) is 39.1. The minimum absolute atomic E-state index is 0.104. The van der Waals surface area contributed by atoms with Crippen molar-refractivity contribution < 1.29 is 29.2 Å². The fourth-order valence-electron chi connectivity index (χ4n) is 15.2. The molecule has 0 unspecified atom stereocenters. The first-order chi connectivity index (χ1) is 55.3. The second-order valence-electron chi connectivity index (χ2n) is 32.9. The lowest BCUT2D eigenvalue weighted by molar-refractivity contribution is -0.0978. The molecule has 4 aromatic heterocycles. The smallest absolute Gasteiger partial charge is 0.222 e. The number of halogens is 4. The van der Waals surface area contributed by atoms with Gasteiger partial charge in [0.1, 0.15) is 35.9 Å². The molecule has 8 atom stereocenters. The molecule has 20 nitrogen and oxygen atoms in total. The average Bonchev–Trinajstić information content (AvgIpc) is 0.769. The van der Waals surface area contributed by atoms with Crippen molar-refractivity contribution in [3.05, 3.63) is 208 Å². The van der Waals surface area contributed by atoms with Crippen molar-refractivity contribution in [2.24, 2.45) is 45.3 Å². The minimum atomic E-state index is -0.401. The second-order valence-corrected chi connectivity index (χ2v) is 34.6. The van der Waals surface area contributed by atoms with Crippen LogP contribution >= 0.6 is 31.9 Å². The molecular formula is C92H100Br2F2N16O4. The Morgan fingerprint density at radius 1 is 0.397 bits per heavy atom. The molecule has 24 heteroatoms. The number of anilines is 4. The minimum Gasteiger partial charge on any atom is -0.393 e. The van der Waals surface area contributed by atoms with Gasteiger partial charge in [0, 0.05) is 46.3 Å². The monoisotopic (exact) mass is 1690 g/mol. The van der Waals surface area contributed by atoms with Crippen molar-refractivity contribution >= 4 is 55.7 Å². The predicted octanol–water partition coefficient (Wildman–Crippen LogP) is 15.1. The van der Waals surface area contributed by atoms with Crippen LogP contribution in [-0.4, -0.2) is 111 Å². The second kappa shape index (κ2) is 40.7. The van der Waals surface area contributed by atoms with Gasteiger partial charge < -0.3 is 41.7 Å². The molecule has 0 saturated heterocycles. The molecule has 0 bridgehead atoms. The third-order valence-electron chi connectivity index (χ3n) is 23.3. The molecule has 8 N–H and O–H groups in total. The number of aliphatic hydroxyl groups is 4. The van der Waals surface area contributed by atoms with Crippen molar-refractivity contribution in [2.75, 3.05) is 47.4 Å².